The Hall–Kier alpha value is -2.08. The van der Waals surface area contributed by atoms with Crippen LogP contribution in [0.2, 0.25) is 0 Å². The summed E-state index contributed by atoms with van der Waals surface area (Å²) >= 11 is 0. The Labute approximate surface area is 148 Å². The van der Waals surface area contributed by atoms with Gasteiger partial charge in [0.15, 0.2) is 0 Å². The first-order chi connectivity index (χ1) is 12.1. The number of rotatable bonds is 5. The highest BCUT2D eigenvalue weighted by molar-refractivity contribution is 5.76. The first-order valence-electron chi connectivity index (χ1n) is 9.00. The second kappa shape index (κ2) is 8.34. The number of fused-ring (bicyclic) bond motifs is 1. The Morgan fingerprint density at radius 2 is 2.20 bits per heavy atom. The third kappa shape index (κ3) is 4.95. The molecule has 2 aliphatic heterocycles. The van der Waals surface area contributed by atoms with E-state index in [-0.39, 0.29) is 17.9 Å². The molecule has 2 aliphatic rings. The average Bonchev–Trinajstić information content (AvgIpc) is 3.02. The van der Waals surface area contributed by atoms with Crippen molar-refractivity contribution >= 4 is 11.8 Å². The molecule has 3 rings (SSSR count). The summed E-state index contributed by atoms with van der Waals surface area (Å²) in [5.41, 5.74) is 2.09. The molecule has 1 unspecified atom stereocenters. The minimum absolute atomic E-state index is 0.0482. The molecule has 6 nitrogen and oxygen atoms in total. The molecule has 1 aromatic carbocycles. The summed E-state index contributed by atoms with van der Waals surface area (Å²) in [6.45, 7) is 4.65. The Morgan fingerprint density at radius 1 is 1.32 bits per heavy atom. The summed E-state index contributed by atoms with van der Waals surface area (Å²) in [6, 6.07) is 5.98. The lowest BCUT2D eigenvalue weighted by molar-refractivity contribution is -0.129. The summed E-state index contributed by atoms with van der Waals surface area (Å²) in [6.07, 6.45) is 3.39. The van der Waals surface area contributed by atoms with Crippen LogP contribution in [0.3, 0.4) is 0 Å². The third-order valence-corrected chi connectivity index (χ3v) is 4.74. The molecule has 1 N–H and O–H groups in total. The van der Waals surface area contributed by atoms with Gasteiger partial charge in [-0.3, -0.25) is 9.59 Å². The second-order valence-corrected chi connectivity index (χ2v) is 6.67. The van der Waals surface area contributed by atoms with Gasteiger partial charge in [-0.1, -0.05) is 12.1 Å². The van der Waals surface area contributed by atoms with Gasteiger partial charge in [0.05, 0.1) is 12.6 Å². The Balaban J connectivity index is 1.52. The van der Waals surface area contributed by atoms with Crippen molar-refractivity contribution in [3.05, 3.63) is 29.3 Å². The minimum atomic E-state index is 0.0482. The van der Waals surface area contributed by atoms with Crippen LogP contribution in [0.4, 0.5) is 0 Å². The molecule has 0 aliphatic carbocycles. The molecule has 2 amide bonds. The number of hydrogen-bond acceptors (Lipinski definition) is 4. The van der Waals surface area contributed by atoms with Crippen LogP contribution >= 0.6 is 0 Å². The van der Waals surface area contributed by atoms with Crippen LogP contribution in [0.5, 0.6) is 5.75 Å². The molecular weight excluding hydrogens is 320 g/mol. The molecule has 1 aromatic rings. The summed E-state index contributed by atoms with van der Waals surface area (Å²) in [7, 11) is 0. The van der Waals surface area contributed by atoms with E-state index in [2.05, 4.69) is 5.32 Å². The fraction of sp³-hybridized carbons (Fsp3) is 0.579. The molecule has 0 spiro atoms. The number of carbonyl (C=O) groups excluding carboxylic acids is 2. The third-order valence-electron chi connectivity index (χ3n) is 4.74. The van der Waals surface area contributed by atoms with Crippen molar-refractivity contribution < 1.29 is 19.1 Å². The molecular formula is C19H26N2O4. The molecule has 1 atom stereocenters. The van der Waals surface area contributed by atoms with E-state index in [0.29, 0.717) is 39.1 Å². The minimum Gasteiger partial charge on any atom is -0.491 e. The summed E-state index contributed by atoms with van der Waals surface area (Å²) in [5, 5.41) is 2.95. The maximum atomic E-state index is 12.0. The number of aryl methyl sites for hydroxylation is 1. The van der Waals surface area contributed by atoms with Gasteiger partial charge < -0.3 is 19.7 Å². The summed E-state index contributed by atoms with van der Waals surface area (Å²) < 4.78 is 11.2. The number of carbonyl (C=O) groups is 2. The average molecular weight is 346 g/mol. The first-order valence-corrected chi connectivity index (χ1v) is 9.00. The van der Waals surface area contributed by atoms with Crippen molar-refractivity contribution in [2.75, 3.05) is 26.3 Å². The van der Waals surface area contributed by atoms with E-state index in [1.807, 2.05) is 18.2 Å². The zero-order valence-electron chi connectivity index (χ0n) is 14.8. The lowest BCUT2D eigenvalue weighted by atomic mass is 10.0. The lowest BCUT2D eigenvalue weighted by Crippen LogP contribution is -2.31. The Morgan fingerprint density at radius 3 is 2.96 bits per heavy atom. The largest absolute Gasteiger partial charge is 0.491 e. The van der Waals surface area contributed by atoms with Crippen LogP contribution in [0, 0.1) is 0 Å². The fourth-order valence-corrected chi connectivity index (χ4v) is 3.25. The predicted octanol–water partition coefficient (Wildman–Crippen LogP) is 1.66. The predicted molar refractivity (Wildman–Crippen MR) is 93.3 cm³/mol. The van der Waals surface area contributed by atoms with Gasteiger partial charge in [0, 0.05) is 38.6 Å². The smallest absolute Gasteiger partial charge is 0.220 e. The molecule has 0 bridgehead atoms. The fourth-order valence-electron chi connectivity index (χ4n) is 3.25. The van der Waals surface area contributed by atoms with E-state index >= 15 is 0 Å². The lowest BCUT2D eigenvalue weighted by Gasteiger charge is -2.17. The zero-order chi connectivity index (χ0) is 17.6. The summed E-state index contributed by atoms with van der Waals surface area (Å²) in [5.74, 6) is 0.928. The molecule has 1 fully saturated rings. The van der Waals surface area contributed by atoms with Crippen LogP contribution in [0.1, 0.15) is 37.3 Å². The topological polar surface area (TPSA) is 67.9 Å². The van der Waals surface area contributed by atoms with Crippen LogP contribution in [-0.2, 0) is 27.3 Å². The van der Waals surface area contributed by atoms with Crippen molar-refractivity contribution in [3.8, 4) is 5.75 Å². The zero-order valence-corrected chi connectivity index (χ0v) is 14.8. The van der Waals surface area contributed by atoms with Crippen molar-refractivity contribution in [1.82, 2.24) is 10.2 Å². The number of amides is 2. The number of hydrogen-bond donors (Lipinski definition) is 1. The highest BCUT2D eigenvalue weighted by atomic mass is 16.5. The van der Waals surface area contributed by atoms with E-state index < -0.39 is 0 Å². The van der Waals surface area contributed by atoms with Crippen molar-refractivity contribution in [2.24, 2.45) is 0 Å². The number of nitrogens with zero attached hydrogens (tertiary/aromatic N) is 1. The van der Waals surface area contributed by atoms with Crippen molar-refractivity contribution in [2.45, 2.75) is 45.3 Å². The van der Waals surface area contributed by atoms with E-state index in [1.165, 1.54) is 0 Å². The van der Waals surface area contributed by atoms with Crippen LogP contribution in [0.15, 0.2) is 18.2 Å². The molecule has 2 heterocycles. The number of ether oxygens (including phenoxy) is 2. The highest BCUT2D eigenvalue weighted by Crippen LogP contribution is 2.25. The van der Waals surface area contributed by atoms with Gasteiger partial charge in [-0.2, -0.15) is 0 Å². The maximum absolute atomic E-state index is 12.0. The van der Waals surface area contributed by atoms with Gasteiger partial charge >= 0.3 is 0 Å². The second-order valence-electron chi connectivity index (χ2n) is 6.67. The Kier molecular flexibility index (Phi) is 5.91. The van der Waals surface area contributed by atoms with Gasteiger partial charge in [0.1, 0.15) is 12.4 Å². The van der Waals surface area contributed by atoms with Crippen LogP contribution < -0.4 is 10.1 Å². The van der Waals surface area contributed by atoms with Crippen LogP contribution in [0.25, 0.3) is 0 Å². The van der Waals surface area contributed by atoms with Gasteiger partial charge in [0.25, 0.3) is 0 Å². The monoisotopic (exact) mass is 346 g/mol. The van der Waals surface area contributed by atoms with Gasteiger partial charge in [0.2, 0.25) is 11.8 Å². The molecule has 25 heavy (non-hydrogen) atoms. The van der Waals surface area contributed by atoms with Crippen LogP contribution in [-0.4, -0.2) is 49.1 Å². The standard InChI is InChI=1S/C19H26N2O4/c1-14(22)21-8-10-25-18-6-4-15(11-16(18)13-21)5-7-19(23)20-12-17-3-2-9-24-17/h4,6,11,17H,2-3,5,7-10,12-13H2,1H3,(H,20,23). The van der Waals surface area contributed by atoms with E-state index in [9.17, 15) is 9.59 Å². The molecule has 0 saturated carbocycles. The molecule has 0 aromatic heterocycles. The van der Waals surface area contributed by atoms with E-state index in [0.717, 1.165) is 36.3 Å². The van der Waals surface area contributed by atoms with Gasteiger partial charge in [-0.25, -0.2) is 0 Å². The van der Waals surface area contributed by atoms with E-state index in [4.69, 9.17) is 9.47 Å². The first kappa shape index (κ1) is 17.7. The molecule has 6 heteroatoms. The summed E-state index contributed by atoms with van der Waals surface area (Å²) in [4.78, 5) is 25.4. The SMILES string of the molecule is CC(=O)N1CCOc2ccc(CCC(=O)NCC3CCCO3)cc2C1. The quantitative estimate of drug-likeness (QED) is 0.880. The van der Waals surface area contributed by atoms with Gasteiger partial charge in [-0.15, -0.1) is 0 Å². The Bertz CT molecular complexity index is 626. The normalized spacial score (nSPS) is 19.7. The van der Waals surface area contributed by atoms with Gasteiger partial charge in [-0.05, 0) is 30.9 Å². The molecule has 136 valence electrons. The maximum Gasteiger partial charge on any atom is 0.220 e. The number of nitrogens with one attached hydrogen (secondary N) is 1. The van der Waals surface area contributed by atoms with Crippen molar-refractivity contribution in [1.29, 1.82) is 0 Å². The van der Waals surface area contributed by atoms with Crippen molar-refractivity contribution in [3.63, 3.8) is 0 Å². The molecule has 0 radical (unpaired) electrons. The molecule has 1 saturated heterocycles. The van der Waals surface area contributed by atoms with E-state index in [1.54, 1.807) is 11.8 Å². The highest BCUT2D eigenvalue weighted by Gasteiger charge is 2.18. The number of benzene rings is 1.